The molecule has 1 amide bonds. The third kappa shape index (κ3) is 3.31. The molecule has 0 bridgehead atoms. The molecule has 0 saturated heterocycles. The number of carbonyl (C=O) groups excluding carboxylic acids is 1. The number of methoxy groups -OCH3 is 1. The fraction of sp³-hybridized carbons (Fsp3) is 0.188. The van der Waals surface area contributed by atoms with Crippen LogP contribution in [0.2, 0.25) is 0 Å². The summed E-state index contributed by atoms with van der Waals surface area (Å²) in [7, 11) is 1.46. The second-order valence-corrected chi connectivity index (χ2v) is 4.68. The van der Waals surface area contributed by atoms with Crippen LogP contribution in [0.25, 0.3) is 0 Å². The minimum Gasteiger partial charge on any atom is -0.496 e. The lowest BCUT2D eigenvalue weighted by Crippen LogP contribution is -2.27. The van der Waals surface area contributed by atoms with E-state index in [1.807, 2.05) is 0 Å². The van der Waals surface area contributed by atoms with Crippen LogP contribution in [-0.2, 0) is 0 Å². The van der Waals surface area contributed by atoms with Crippen LogP contribution in [0.3, 0.4) is 0 Å². The van der Waals surface area contributed by atoms with Crippen LogP contribution in [0.1, 0.15) is 28.9 Å². The minimum atomic E-state index is -0.457. The molecule has 0 aliphatic carbocycles. The van der Waals surface area contributed by atoms with E-state index in [2.05, 4.69) is 5.32 Å². The van der Waals surface area contributed by atoms with E-state index in [9.17, 15) is 9.18 Å². The molecule has 0 aliphatic heterocycles. The first-order valence-electron chi connectivity index (χ1n) is 6.51. The van der Waals surface area contributed by atoms with Crippen LogP contribution in [0.4, 0.5) is 10.1 Å². The zero-order valence-electron chi connectivity index (χ0n) is 11.9. The Labute approximate surface area is 122 Å². The summed E-state index contributed by atoms with van der Waals surface area (Å²) in [5, 5.41) is 2.75. The third-order valence-electron chi connectivity index (χ3n) is 3.19. The van der Waals surface area contributed by atoms with Crippen molar-refractivity contribution >= 4 is 11.6 Å². The summed E-state index contributed by atoms with van der Waals surface area (Å²) < 4.78 is 18.8. The molecule has 5 heteroatoms. The van der Waals surface area contributed by atoms with E-state index in [-0.39, 0.29) is 11.7 Å². The summed E-state index contributed by atoms with van der Waals surface area (Å²) >= 11 is 0. The Hall–Kier alpha value is -2.56. The Bertz CT molecular complexity index is 658. The van der Waals surface area contributed by atoms with Gasteiger partial charge in [-0.05, 0) is 25.1 Å². The molecule has 3 N–H and O–H groups in total. The standard InChI is InChI=1S/C16H17FN2O2/c1-10(12-5-3-4-6-14(12)17)19-16(20)13-8-7-11(18)9-15(13)21-2/h3-10H,18H2,1-2H3,(H,19,20)/t10-/m1/s1. The molecule has 0 saturated carbocycles. The maximum Gasteiger partial charge on any atom is 0.255 e. The monoisotopic (exact) mass is 288 g/mol. The number of benzene rings is 2. The van der Waals surface area contributed by atoms with Crippen LogP contribution < -0.4 is 15.8 Å². The van der Waals surface area contributed by atoms with Crippen LogP contribution in [-0.4, -0.2) is 13.0 Å². The molecule has 4 nitrogen and oxygen atoms in total. The molecule has 21 heavy (non-hydrogen) atoms. The van der Waals surface area contributed by atoms with E-state index < -0.39 is 6.04 Å². The topological polar surface area (TPSA) is 64.3 Å². The van der Waals surface area contributed by atoms with Gasteiger partial charge >= 0.3 is 0 Å². The molecule has 0 heterocycles. The highest BCUT2D eigenvalue weighted by Crippen LogP contribution is 2.23. The van der Waals surface area contributed by atoms with Crippen molar-refractivity contribution in [2.75, 3.05) is 12.8 Å². The molecular formula is C16H17FN2O2. The Morgan fingerprint density at radius 2 is 2.00 bits per heavy atom. The zero-order chi connectivity index (χ0) is 15.4. The maximum atomic E-state index is 13.7. The lowest BCUT2D eigenvalue weighted by atomic mass is 10.1. The first-order valence-corrected chi connectivity index (χ1v) is 6.51. The number of hydrogen-bond acceptors (Lipinski definition) is 3. The molecule has 2 aromatic carbocycles. The molecule has 1 atom stereocenters. The Balaban J connectivity index is 2.20. The van der Waals surface area contributed by atoms with Crippen molar-refractivity contribution in [2.24, 2.45) is 0 Å². The van der Waals surface area contributed by atoms with E-state index in [0.29, 0.717) is 22.6 Å². The van der Waals surface area contributed by atoms with Crippen LogP contribution >= 0.6 is 0 Å². The number of rotatable bonds is 4. The summed E-state index contributed by atoms with van der Waals surface area (Å²) in [6.45, 7) is 1.72. The number of halogens is 1. The van der Waals surface area contributed by atoms with Crippen LogP contribution in [0.5, 0.6) is 5.75 Å². The van der Waals surface area contributed by atoms with Crippen molar-refractivity contribution in [3.05, 3.63) is 59.4 Å². The summed E-state index contributed by atoms with van der Waals surface area (Å²) in [5.74, 6) is -0.314. The first-order chi connectivity index (χ1) is 10.0. The van der Waals surface area contributed by atoms with Crippen molar-refractivity contribution in [3.8, 4) is 5.75 Å². The molecular weight excluding hydrogens is 271 g/mol. The molecule has 0 aliphatic rings. The third-order valence-corrected chi connectivity index (χ3v) is 3.19. The summed E-state index contributed by atoms with van der Waals surface area (Å²) in [5.41, 5.74) is 6.95. The Morgan fingerprint density at radius 1 is 1.29 bits per heavy atom. The highest BCUT2D eigenvalue weighted by atomic mass is 19.1. The van der Waals surface area contributed by atoms with Crippen molar-refractivity contribution < 1.29 is 13.9 Å². The Kier molecular flexibility index (Phi) is 4.42. The van der Waals surface area contributed by atoms with Crippen molar-refractivity contribution in [1.29, 1.82) is 0 Å². The van der Waals surface area contributed by atoms with Crippen LogP contribution in [0, 0.1) is 5.82 Å². The van der Waals surface area contributed by atoms with Gasteiger partial charge in [0.1, 0.15) is 11.6 Å². The average molecular weight is 288 g/mol. The number of ether oxygens (including phenoxy) is 1. The number of anilines is 1. The molecule has 0 radical (unpaired) electrons. The highest BCUT2D eigenvalue weighted by Gasteiger charge is 2.17. The molecule has 2 aromatic rings. The van der Waals surface area contributed by atoms with E-state index >= 15 is 0 Å². The van der Waals surface area contributed by atoms with Gasteiger partial charge in [-0.1, -0.05) is 18.2 Å². The zero-order valence-corrected chi connectivity index (χ0v) is 11.9. The number of hydrogen-bond donors (Lipinski definition) is 2. The molecule has 0 fully saturated rings. The largest absolute Gasteiger partial charge is 0.496 e. The fourth-order valence-corrected chi connectivity index (χ4v) is 2.07. The number of nitrogen functional groups attached to an aromatic ring is 1. The molecule has 0 spiro atoms. The fourth-order valence-electron chi connectivity index (χ4n) is 2.07. The average Bonchev–Trinajstić information content (AvgIpc) is 2.47. The smallest absolute Gasteiger partial charge is 0.255 e. The van der Waals surface area contributed by atoms with Gasteiger partial charge in [0, 0.05) is 17.3 Å². The lowest BCUT2D eigenvalue weighted by molar-refractivity contribution is 0.0936. The molecule has 0 aromatic heterocycles. The van der Waals surface area contributed by atoms with E-state index in [0.717, 1.165) is 0 Å². The normalized spacial score (nSPS) is 11.8. The van der Waals surface area contributed by atoms with Crippen molar-refractivity contribution in [1.82, 2.24) is 5.32 Å². The van der Waals surface area contributed by atoms with Crippen molar-refractivity contribution in [3.63, 3.8) is 0 Å². The van der Waals surface area contributed by atoms with Gasteiger partial charge in [-0.2, -0.15) is 0 Å². The molecule has 0 unspecified atom stereocenters. The highest BCUT2D eigenvalue weighted by molar-refractivity contribution is 5.97. The molecule has 110 valence electrons. The van der Waals surface area contributed by atoms with E-state index in [4.69, 9.17) is 10.5 Å². The second-order valence-electron chi connectivity index (χ2n) is 4.68. The van der Waals surface area contributed by atoms with Gasteiger partial charge in [-0.3, -0.25) is 4.79 Å². The van der Waals surface area contributed by atoms with Gasteiger partial charge < -0.3 is 15.8 Å². The van der Waals surface area contributed by atoms with Crippen molar-refractivity contribution in [2.45, 2.75) is 13.0 Å². The quantitative estimate of drug-likeness (QED) is 0.850. The summed E-state index contributed by atoms with van der Waals surface area (Å²) in [6, 6.07) is 10.6. The van der Waals surface area contributed by atoms with Gasteiger partial charge in [-0.25, -0.2) is 4.39 Å². The first kappa shape index (κ1) is 14.8. The van der Waals surface area contributed by atoms with Gasteiger partial charge in [0.15, 0.2) is 0 Å². The summed E-state index contributed by atoms with van der Waals surface area (Å²) in [6.07, 6.45) is 0. The lowest BCUT2D eigenvalue weighted by Gasteiger charge is -2.16. The van der Waals surface area contributed by atoms with E-state index in [1.54, 1.807) is 43.3 Å². The van der Waals surface area contributed by atoms with E-state index in [1.165, 1.54) is 13.2 Å². The van der Waals surface area contributed by atoms with Gasteiger partial charge in [0.2, 0.25) is 0 Å². The van der Waals surface area contributed by atoms with Gasteiger partial charge in [0.05, 0.1) is 18.7 Å². The number of nitrogens with two attached hydrogens (primary N) is 1. The SMILES string of the molecule is COc1cc(N)ccc1C(=O)N[C@H](C)c1ccccc1F. The predicted octanol–water partition coefficient (Wildman–Crippen LogP) is 2.91. The number of amides is 1. The van der Waals surface area contributed by atoms with Crippen LogP contribution in [0.15, 0.2) is 42.5 Å². The minimum absolute atomic E-state index is 0.345. The number of carbonyl (C=O) groups is 1. The van der Waals surface area contributed by atoms with Gasteiger partial charge in [0.25, 0.3) is 5.91 Å². The predicted molar refractivity (Wildman–Crippen MR) is 79.7 cm³/mol. The maximum absolute atomic E-state index is 13.7. The second kappa shape index (κ2) is 6.26. The number of nitrogens with one attached hydrogen (secondary N) is 1. The van der Waals surface area contributed by atoms with Gasteiger partial charge in [-0.15, -0.1) is 0 Å². The summed E-state index contributed by atoms with van der Waals surface area (Å²) in [4.78, 5) is 12.3. The Morgan fingerprint density at radius 3 is 2.67 bits per heavy atom. The molecule has 2 rings (SSSR count).